The minimum absolute atomic E-state index is 0.0290. The minimum Gasteiger partial charge on any atom is -0.335 e. The van der Waals surface area contributed by atoms with Gasteiger partial charge in [-0.25, -0.2) is 0 Å². The number of amides is 1. The van der Waals surface area contributed by atoms with Crippen molar-refractivity contribution in [3.63, 3.8) is 0 Å². The second-order valence-corrected chi connectivity index (χ2v) is 5.36. The van der Waals surface area contributed by atoms with E-state index in [0.717, 1.165) is 23.9 Å². The van der Waals surface area contributed by atoms with E-state index in [1.807, 2.05) is 13.8 Å². The second-order valence-electron chi connectivity index (χ2n) is 4.56. The zero-order valence-electron chi connectivity index (χ0n) is 11.2. The third-order valence-electron chi connectivity index (χ3n) is 2.73. The number of nitrogens with zero attached hydrogens (tertiary/aromatic N) is 2. The molecule has 0 aliphatic heterocycles. The van der Waals surface area contributed by atoms with Gasteiger partial charge >= 0.3 is 6.18 Å². The lowest BCUT2D eigenvalue weighted by atomic mass is 10.2. The molecular weight excluding hydrogens is 337 g/mol. The van der Waals surface area contributed by atoms with Gasteiger partial charge in [-0.05, 0) is 32.4 Å². The van der Waals surface area contributed by atoms with E-state index in [0.29, 0.717) is 12.7 Å². The van der Waals surface area contributed by atoms with Crippen molar-refractivity contribution in [3.8, 4) is 0 Å². The Labute approximate surface area is 124 Å². The maximum Gasteiger partial charge on any atom is 0.417 e. The summed E-state index contributed by atoms with van der Waals surface area (Å²) in [5, 5.41) is 0.754. The largest absolute Gasteiger partial charge is 0.417 e. The van der Waals surface area contributed by atoms with Crippen molar-refractivity contribution in [1.82, 2.24) is 9.88 Å². The maximum absolute atomic E-state index is 12.4. The van der Waals surface area contributed by atoms with Crippen LogP contribution in [0.5, 0.6) is 0 Å². The van der Waals surface area contributed by atoms with Crippen molar-refractivity contribution in [2.45, 2.75) is 32.5 Å². The molecule has 0 aromatic carbocycles. The number of hydrogen-bond acceptors (Lipinski definition) is 2. The maximum atomic E-state index is 12.4. The molecule has 0 unspecified atom stereocenters. The van der Waals surface area contributed by atoms with Crippen molar-refractivity contribution in [1.29, 1.82) is 0 Å². The van der Waals surface area contributed by atoms with Crippen LogP contribution < -0.4 is 0 Å². The molecule has 3 nitrogen and oxygen atoms in total. The summed E-state index contributed by atoms with van der Waals surface area (Å²) in [6.45, 7) is 4.25. The highest BCUT2D eigenvalue weighted by atomic mass is 79.9. The summed E-state index contributed by atoms with van der Waals surface area (Å²) in [6.07, 6.45) is -2.98. The number of aromatic nitrogens is 1. The van der Waals surface area contributed by atoms with Crippen molar-refractivity contribution in [2.75, 3.05) is 11.9 Å². The molecule has 1 aromatic heterocycles. The number of hydrogen-bond donors (Lipinski definition) is 0. The first-order valence-electron chi connectivity index (χ1n) is 6.17. The lowest BCUT2D eigenvalue weighted by Crippen LogP contribution is -2.38. The molecule has 112 valence electrons. The highest BCUT2D eigenvalue weighted by molar-refractivity contribution is 9.09. The van der Waals surface area contributed by atoms with E-state index in [9.17, 15) is 18.0 Å². The van der Waals surface area contributed by atoms with Gasteiger partial charge in [0.05, 0.1) is 5.56 Å². The molecule has 0 atom stereocenters. The zero-order chi connectivity index (χ0) is 15.3. The Balaban J connectivity index is 2.89. The van der Waals surface area contributed by atoms with Crippen LogP contribution in [0.1, 0.15) is 36.3 Å². The molecule has 1 amide bonds. The Hall–Kier alpha value is -1.11. The summed E-state index contributed by atoms with van der Waals surface area (Å²) in [4.78, 5) is 17.4. The molecule has 20 heavy (non-hydrogen) atoms. The molecule has 1 rings (SSSR count). The smallest absolute Gasteiger partial charge is 0.335 e. The molecule has 0 saturated heterocycles. The summed E-state index contributed by atoms with van der Waals surface area (Å²) < 4.78 is 37.3. The van der Waals surface area contributed by atoms with Gasteiger partial charge in [-0.3, -0.25) is 9.78 Å². The summed E-state index contributed by atoms with van der Waals surface area (Å²) in [5.74, 6) is -0.352. The first kappa shape index (κ1) is 16.9. The van der Waals surface area contributed by atoms with Gasteiger partial charge in [0.15, 0.2) is 0 Å². The van der Waals surface area contributed by atoms with Gasteiger partial charge in [0.2, 0.25) is 0 Å². The standard InChI is InChI=1S/C13H16BrF3N2O/c1-9(2)19(7-3-6-14)12(20)11-5-4-10(8-18-11)13(15,16)17/h4-5,8-9H,3,6-7H2,1-2H3. The first-order valence-corrected chi connectivity index (χ1v) is 7.29. The number of carbonyl (C=O) groups is 1. The monoisotopic (exact) mass is 352 g/mol. The SMILES string of the molecule is CC(C)N(CCCBr)C(=O)c1ccc(C(F)(F)F)cn1. The molecule has 0 bridgehead atoms. The van der Waals surface area contributed by atoms with Crippen LogP contribution in [0.3, 0.4) is 0 Å². The quantitative estimate of drug-likeness (QED) is 0.756. The van der Waals surface area contributed by atoms with Crippen LogP contribution in [0, 0.1) is 0 Å². The summed E-state index contributed by atoms with van der Waals surface area (Å²) >= 11 is 3.29. The number of rotatable bonds is 5. The lowest BCUT2D eigenvalue weighted by Gasteiger charge is -2.26. The average molecular weight is 353 g/mol. The number of pyridine rings is 1. The molecule has 7 heteroatoms. The van der Waals surface area contributed by atoms with E-state index in [4.69, 9.17) is 0 Å². The number of alkyl halides is 4. The second kappa shape index (κ2) is 7.06. The molecule has 0 fully saturated rings. The van der Waals surface area contributed by atoms with E-state index < -0.39 is 11.7 Å². The van der Waals surface area contributed by atoms with Crippen molar-refractivity contribution < 1.29 is 18.0 Å². The minimum atomic E-state index is -4.44. The predicted octanol–water partition coefficient (Wildman–Crippen LogP) is 3.74. The third-order valence-corrected chi connectivity index (χ3v) is 3.29. The molecule has 0 radical (unpaired) electrons. The molecule has 1 heterocycles. The fraction of sp³-hybridized carbons (Fsp3) is 0.538. The fourth-order valence-electron chi connectivity index (χ4n) is 1.66. The van der Waals surface area contributed by atoms with E-state index in [1.54, 1.807) is 4.90 Å². The van der Waals surface area contributed by atoms with Gasteiger partial charge in [0, 0.05) is 24.1 Å². The van der Waals surface area contributed by atoms with E-state index >= 15 is 0 Å². The van der Waals surface area contributed by atoms with Gasteiger partial charge < -0.3 is 4.90 Å². The summed E-state index contributed by atoms with van der Waals surface area (Å²) in [7, 11) is 0. The zero-order valence-corrected chi connectivity index (χ0v) is 12.8. The average Bonchev–Trinajstić information content (AvgIpc) is 2.37. The van der Waals surface area contributed by atoms with Gasteiger partial charge in [0.25, 0.3) is 5.91 Å². The normalized spacial score (nSPS) is 11.8. The lowest BCUT2D eigenvalue weighted by molar-refractivity contribution is -0.137. The molecule has 0 aliphatic carbocycles. The predicted molar refractivity (Wildman–Crippen MR) is 73.8 cm³/mol. The van der Waals surface area contributed by atoms with Crippen molar-refractivity contribution in [3.05, 3.63) is 29.6 Å². The van der Waals surface area contributed by atoms with Crippen LogP contribution in [-0.2, 0) is 6.18 Å². The summed E-state index contributed by atoms with van der Waals surface area (Å²) in [6, 6.07) is 1.96. The Bertz CT molecular complexity index is 446. The van der Waals surface area contributed by atoms with Gasteiger partial charge in [-0.15, -0.1) is 0 Å². The highest BCUT2D eigenvalue weighted by Gasteiger charge is 2.31. The molecule has 0 N–H and O–H groups in total. The van der Waals surface area contributed by atoms with E-state index in [2.05, 4.69) is 20.9 Å². The van der Waals surface area contributed by atoms with E-state index in [1.165, 1.54) is 0 Å². The van der Waals surface area contributed by atoms with Crippen LogP contribution in [-0.4, -0.2) is 33.7 Å². The summed E-state index contributed by atoms with van der Waals surface area (Å²) in [5.41, 5.74) is -0.827. The third kappa shape index (κ3) is 4.47. The van der Waals surface area contributed by atoms with Crippen molar-refractivity contribution in [2.24, 2.45) is 0 Å². The molecule has 0 spiro atoms. The van der Waals surface area contributed by atoms with Crippen LogP contribution in [0.15, 0.2) is 18.3 Å². The topological polar surface area (TPSA) is 33.2 Å². The Kier molecular flexibility index (Phi) is 5.98. The highest BCUT2D eigenvalue weighted by Crippen LogP contribution is 2.28. The Morgan fingerprint density at radius 3 is 2.45 bits per heavy atom. The van der Waals surface area contributed by atoms with Gasteiger partial charge in [-0.2, -0.15) is 13.2 Å². The van der Waals surface area contributed by atoms with Crippen LogP contribution >= 0.6 is 15.9 Å². The number of carbonyl (C=O) groups excluding carboxylic acids is 1. The van der Waals surface area contributed by atoms with Crippen LogP contribution in [0.25, 0.3) is 0 Å². The van der Waals surface area contributed by atoms with Crippen LogP contribution in [0.2, 0.25) is 0 Å². The van der Waals surface area contributed by atoms with Crippen LogP contribution in [0.4, 0.5) is 13.2 Å². The Morgan fingerprint density at radius 2 is 2.05 bits per heavy atom. The van der Waals surface area contributed by atoms with E-state index in [-0.39, 0.29) is 17.6 Å². The fourth-order valence-corrected chi connectivity index (χ4v) is 1.91. The molecule has 0 aliphatic rings. The number of halogens is 4. The van der Waals surface area contributed by atoms with Gasteiger partial charge in [0.1, 0.15) is 5.69 Å². The van der Waals surface area contributed by atoms with Crippen molar-refractivity contribution >= 4 is 21.8 Å². The Morgan fingerprint density at radius 1 is 1.40 bits per heavy atom. The molecular formula is C13H16BrF3N2O. The molecule has 1 aromatic rings. The first-order chi connectivity index (χ1) is 9.27. The van der Waals surface area contributed by atoms with Gasteiger partial charge in [-0.1, -0.05) is 15.9 Å². The molecule has 0 saturated carbocycles.